The summed E-state index contributed by atoms with van der Waals surface area (Å²) in [6.07, 6.45) is 0. The lowest BCUT2D eigenvalue weighted by Crippen LogP contribution is -1.99. The van der Waals surface area contributed by atoms with Crippen molar-refractivity contribution in [3.05, 3.63) is 169 Å². The van der Waals surface area contributed by atoms with Gasteiger partial charge in [0, 0.05) is 32.7 Å². The minimum absolute atomic E-state index is 0.601. The quantitative estimate of drug-likeness (QED) is 0.199. The van der Waals surface area contributed by atoms with Gasteiger partial charge in [-0.05, 0) is 59.7 Å². The van der Waals surface area contributed by atoms with Crippen LogP contribution in [0.15, 0.2) is 158 Å². The molecular formula is C44H26N4. The molecule has 0 aliphatic rings. The molecule has 2 heterocycles. The number of nitrogens with zero attached hydrogens (tertiary/aromatic N) is 4. The van der Waals surface area contributed by atoms with Crippen LogP contribution in [-0.2, 0) is 0 Å². The summed E-state index contributed by atoms with van der Waals surface area (Å²) >= 11 is 0. The molecule has 4 nitrogen and oxygen atoms in total. The van der Waals surface area contributed by atoms with Crippen molar-refractivity contribution in [2.45, 2.75) is 0 Å². The third kappa shape index (κ3) is 4.07. The van der Waals surface area contributed by atoms with Crippen LogP contribution < -0.4 is 0 Å². The molecule has 0 aliphatic carbocycles. The number of benzene rings is 7. The van der Waals surface area contributed by atoms with E-state index in [1.165, 1.54) is 10.8 Å². The minimum Gasteiger partial charge on any atom is -0.309 e. The van der Waals surface area contributed by atoms with Crippen LogP contribution in [0.3, 0.4) is 0 Å². The molecule has 0 aliphatic heterocycles. The highest BCUT2D eigenvalue weighted by Crippen LogP contribution is 2.39. The van der Waals surface area contributed by atoms with Crippen LogP contribution in [0.1, 0.15) is 11.1 Å². The zero-order chi connectivity index (χ0) is 32.2. The molecule has 9 aromatic rings. The van der Waals surface area contributed by atoms with E-state index >= 15 is 0 Å². The van der Waals surface area contributed by atoms with Crippen LogP contribution in [-0.4, -0.2) is 9.13 Å². The van der Waals surface area contributed by atoms with Gasteiger partial charge in [-0.2, -0.15) is 10.5 Å². The zero-order valence-electron chi connectivity index (χ0n) is 25.8. The SMILES string of the molecule is N#Cc1ccc(-n2c3ccccc3c3ccccc32)c(-c2ccc(-c3cccc(-n4c5ccccc5c5ccccc54)c3C#N)cc2)c1. The van der Waals surface area contributed by atoms with Gasteiger partial charge in [0.1, 0.15) is 6.07 Å². The predicted octanol–water partition coefficient (Wildman–Crippen LogP) is 11.0. The first-order valence-corrected chi connectivity index (χ1v) is 15.9. The number of aromatic nitrogens is 2. The maximum absolute atomic E-state index is 10.6. The van der Waals surface area contributed by atoms with Gasteiger partial charge in [-0.25, -0.2) is 0 Å². The van der Waals surface area contributed by atoms with Crippen molar-refractivity contribution in [2.75, 3.05) is 0 Å². The molecule has 7 aromatic carbocycles. The van der Waals surface area contributed by atoms with Gasteiger partial charge < -0.3 is 9.13 Å². The second-order valence-corrected chi connectivity index (χ2v) is 12.0. The van der Waals surface area contributed by atoms with E-state index in [2.05, 4.69) is 130 Å². The Balaban J connectivity index is 1.21. The number of rotatable bonds is 4. The fourth-order valence-electron chi connectivity index (χ4n) is 7.31. The summed E-state index contributed by atoms with van der Waals surface area (Å²) in [6, 6.07) is 58.8. The molecule has 0 saturated heterocycles. The summed E-state index contributed by atoms with van der Waals surface area (Å²) in [5.74, 6) is 0. The van der Waals surface area contributed by atoms with Crippen LogP contribution in [0.4, 0.5) is 0 Å². The Labute approximate surface area is 277 Å². The molecule has 0 unspecified atom stereocenters. The second-order valence-electron chi connectivity index (χ2n) is 12.0. The van der Waals surface area contributed by atoms with E-state index < -0.39 is 0 Å². The molecule has 0 atom stereocenters. The van der Waals surface area contributed by atoms with E-state index in [-0.39, 0.29) is 0 Å². The highest BCUT2D eigenvalue weighted by atomic mass is 15.0. The molecule has 2 aromatic heterocycles. The average molecular weight is 611 g/mol. The van der Waals surface area contributed by atoms with Crippen LogP contribution in [0.5, 0.6) is 0 Å². The van der Waals surface area contributed by atoms with Crippen LogP contribution in [0.2, 0.25) is 0 Å². The van der Waals surface area contributed by atoms with E-state index in [1.54, 1.807) is 0 Å². The number of nitriles is 2. The van der Waals surface area contributed by atoms with Gasteiger partial charge in [0.05, 0.1) is 50.6 Å². The highest BCUT2D eigenvalue weighted by molar-refractivity contribution is 6.10. The van der Waals surface area contributed by atoms with E-state index in [0.29, 0.717) is 11.1 Å². The van der Waals surface area contributed by atoms with E-state index in [0.717, 1.165) is 66.5 Å². The average Bonchev–Trinajstić information content (AvgIpc) is 3.67. The smallest absolute Gasteiger partial charge is 0.102 e. The predicted molar refractivity (Wildman–Crippen MR) is 195 cm³/mol. The monoisotopic (exact) mass is 610 g/mol. The second kappa shape index (κ2) is 10.9. The Hall–Kier alpha value is -6.88. The Morgan fingerprint density at radius 1 is 0.375 bits per heavy atom. The molecule has 9 rings (SSSR count). The summed E-state index contributed by atoms with van der Waals surface area (Å²) in [4.78, 5) is 0. The van der Waals surface area contributed by atoms with Crippen molar-refractivity contribution < 1.29 is 0 Å². The number of hydrogen-bond acceptors (Lipinski definition) is 2. The van der Waals surface area contributed by atoms with Gasteiger partial charge in [-0.3, -0.25) is 0 Å². The normalized spacial score (nSPS) is 11.3. The molecule has 0 radical (unpaired) electrons. The Morgan fingerprint density at radius 2 is 0.833 bits per heavy atom. The van der Waals surface area contributed by atoms with Crippen molar-refractivity contribution >= 4 is 43.6 Å². The Bertz CT molecular complexity index is 2690. The standard InChI is InChI=1S/C44H26N4/c45-27-29-20-25-44(48-41-17-7-3-12-35(41)36-13-4-8-18-42(36)48)37(26-29)31-23-21-30(22-24-31)32-14-9-19-43(38(32)28-46)47-39-15-5-1-10-33(39)34-11-2-6-16-40(34)47/h1-26H. The van der Waals surface area contributed by atoms with Gasteiger partial charge in [0.15, 0.2) is 0 Å². The molecule has 222 valence electrons. The molecule has 4 heteroatoms. The summed E-state index contributed by atoms with van der Waals surface area (Å²) < 4.78 is 4.49. The zero-order valence-corrected chi connectivity index (χ0v) is 25.8. The molecular weight excluding hydrogens is 585 g/mol. The van der Waals surface area contributed by atoms with E-state index in [9.17, 15) is 10.5 Å². The summed E-state index contributed by atoms with van der Waals surface area (Å²) in [5.41, 5.74) is 11.2. The lowest BCUT2D eigenvalue weighted by atomic mass is 9.95. The first-order chi connectivity index (χ1) is 23.7. The van der Waals surface area contributed by atoms with E-state index in [4.69, 9.17) is 0 Å². The van der Waals surface area contributed by atoms with Crippen molar-refractivity contribution in [1.29, 1.82) is 10.5 Å². The third-order valence-corrected chi connectivity index (χ3v) is 9.43. The van der Waals surface area contributed by atoms with Crippen LogP contribution in [0.25, 0.3) is 77.2 Å². The van der Waals surface area contributed by atoms with Gasteiger partial charge >= 0.3 is 0 Å². The summed E-state index contributed by atoms with van der Waals surface area (Å²) in [5, 5.41) is 25.2. The van der Waals surface area contributed by atoms with Crippen molar-refractivity contribution in [3.63, 3.8) is 0 Å². The molecule has 0 bridgehead atoms. The molecule has 0 saturated carbocycles. The van der Waals surface area contributed by atoms with E-state index in [1.807, 2.05) is 48.5 Å². The maximum Gasteiger partial charge on any atom is 0.102 e. The fourth-order valence-corrected chi connectivity index (χ4v) is 7.31. The topological polar surface area (TPSA) is 57.4 Å². The molecule has 0 spiro atoms. The largest absolute Gasteiger partial charge is 0.309 e. The first kappa shape index (κ1) is 27.4. The fraction of sp³-hybridized carbons (Fsp3) is 0. The first-order valence-electron chi connectivity index (χ1n) is 15.9. The maximum atomic E-state index is 10.6. The number of hydrogen-bond donors (Lipinski definition) is 0. The number of para-hydroxylation sites is 4. The van der Waals surface area contributed by atoms with Crippen molar-refractivity contribution in [1.82, 2.24) is 9.13 Å². The number of fused-ring (bicyclic) bond motifs is 6. The van der Waals surface area contributed by atoms with Crippen molar-refractivity contribution in [3.8, 4) is 45.8 Å². The summed E-state index contributed by atoms with van der Waals surface area (Å²) in [6.45, 7) is 0. The Morgan fingerprint density at radius 3 is 1.31 bits per heavy atom. The highest BCUT2D eigenvalue weighted by Gasteiger charge is 2.19. The van der Waals surface area contributed by atoms with Gasteiger partial charge in [0.2, 0.25) is 0 Å². The Kier molecular flexibility index (Phi) is 6.22. The van der Waals surface area contributed by atoms with Crippen molar-refractivity contribution in [2.24, 2.45) is 0 Å². The lowest BCUT2D eigenvalue weighted by molar-refractivity contribution is 1.17. The molecule has 48 heavy (non-hydrogen) atoms. The molecule has 0 fully saturated rings. The van der Waals surface area contributed by atoms with Gasteiger partial charge in [-0.1, -0.05) is 109 Å². The lowest BCUT2D eigenvalue weighted by Gasteiger charge is -2.16. The van der Waals surface area contributed by atoms with Crippen LogP contribution in [0, 0.1) is 22.7 Å². The molecule has 0 amide bonds. The summed E-state index contributed by atoms with van der Waals surface area (Å²) in [7, 11) is 0. The van der Waals surface area contributed by atoms with Crippen LogP contribution >= 0.6 is 0 Å². The van der Waals surface area contributed by atoms with Gasteiger partial charge in [-0.15, -0.1) is 0 Å². The molecule has 0 N–H and O–H groups in total. The third-order valence-electron chi connectivity index (χ3n) is 9.43. The van der Waals surface area contributed by atoms with Gasteiger partial charge in [0.25, 0.3) is 0 Å². The minimum atomic E-state index is 0.601.